The third-order valence-corrected chi connectivity index (χ3v) is 5.14. The molecule has 3 aromatic rings. The van der Waals surface area contributed by atoms with Crippen molar-refractivity contribution in [2.45, 2.75) is 27.2 Å². The molecular weight excluding hydrogens is 334 g/mol. The third kappa shape index (κ3) is 2.97. The minimum absolute atomic E-state index is 0.669. The number of anilines is 1. The van der Waals surface area contributed by atoms with Crippen LogP contribution in [0.25, 0.3) is 16.7 Å². The van der Waals surface area contributed by atoms with Crippen LogP contribution in [0.4, 0.5) is 5.82 Å². The number of aryl methyl sites for hydroxylation is 1. The van der Waals surface area contributed by atoms with E-state index in [1.54, 1.807) is 6.33 Å². The summed E-state index contributed by atoms with van der Waals surface area (Å²) in [6.45, 7) is 8.71. The first kappa shape index (κ1) is 16.3. The smallest absolute Gasteiger partial charge is 0.168 e. The molecule has 0 N–H and O–H groups in total. The number of halogens is 1. The zero-order valence-corrected chi connectivity index (χ0v) is 15.5. The van der Waals surface area contributed by atoms with Gasteiger partial charge in [-0.15, -0.1) is 0 Å². The van der Waals surface area contributed by atoms with E-state index in [9.17, 15) is 0 Å². The molecular formula is C19H22ClN5. The summed E-state index contributed by atoms with van der Waals surface area (Å²) in [5, 5.41) is 6.32. The molecule has 1 aliphatic rings. The van der Waals surface area contributed by atoms with Crippen LogP contribution in [0.15, 0.2) is 30.7 Å². The Balaban J connectivity index is 1.81. The summed E-state index contributed by atoms with van der Waals surface area (Å²) in [7, 11) is 0. The van der Waals surface area contributed by atoms with Gasteiger partial charge >= 0.3 is 0 Å². The molecule has 1 fully saturated rings. The van der Waals surface area contributed by atoms with Crippen LogP contribution >= 0.6 is 11.6 Å². The van der Waals surface area contributed by atoms with Crippen LogP contribution in [0.3, 0.4) is 0 Å². The van der Waals surface area contributed by atoms with E-state index >= 15 is 0 Å². The van der Waals surface area contributed by atoms with Crippen LogP contribution in [0.1, 0.15) is 25.8 Å². The largest absolute Gasteiger partial charge is 0.355 e. The van der Waals surface area contributed by atoms with Gasteiger partial charge in [-0.1, -0.05) is 25.4 Å². The molecule has 25 heavy (non-hydrogen) atoms. The Labute approximate surface area is 152 Å². The van der Waals surface area contributed by atoms with Crippen LogP contribution in [0.5, 0.6) is 0 Å². The monoisotopic (exact) mass is 355 g/mol. The van der Waals surface area contributed by atoms with Gasteiger partial charge in [-0.3, -0.25) is 0 Å². The van der Waals surface area contributed by atoms with E-state index in [0.29, 0.717) is 11.8 Å². The zero-order chi connectivity index (χ0) is 17.6. The summed E-state index contributed by atoms with van der Waals surface area (Å²) in [6.07, 6.45) is 4.79. The highest BCUT2D eigenvalue weighted by molar-refractivity contribution is 6.30. The SMILES string of the molecule is Cc1cc(Cl)ccc1-n1ncc2c(N3C[C@H](C)C[C@H](C)C3)ncnc21. The number of hydrogen-bond acceptors (Lipinski definition) is 4. The molecule has 0 saturated carbocycles. The molecule has 1 aromatic carbocycles. The Morgan fingerprint density at radius 1 is 1.12 bits per heavy atom. The van der Waals surface area contributed by atoms with Crippen molar-refractivity contribution in [3.05, 3.63) is 41.3 Å². The lowest BCUT2D eigenvalue weighted by Gasteiger charge is -2.35. The van der Waals surface area contributed by atoms with Gasteiger partial charge in [0.05, 0.1) is 17.3 Å². The highest BCUT2D eigenvalue weighted by atomic mass is 35.5. The Morgan fingerprint density at radius 2 is 1.88 bits per heavy atom. The van der Waals surface area contributed by atoms with E-state index in [-0.39, 0.29) is 0 Å². The normalized spacial score (nSPS) is 21.0. The van der Waals surface area contributed by atoms with E-state index in [1.807, 2.05) is 36.0 Å². The predicted molar refractivity (Wildman–Crippen MR) is 102 cm³/mol. The van der Waals surface area contributed by atoms with Crippen LogP contribution < -0.4 is 4.90 Å². The zero-order valence-electron chi connectivity index (χ0n) is 14.8. The third-order valence-electron chi connectivity index (χ3n) is 4.90. The maximum Gasteiger partial charge on any atom is 0.168 e. The summed E-state index contributed by atoms with van der Waals surface area (Å²) in [5.41, 5.74) is 2.89. The molecule has 0 spiro atoms. The van der Waals surface area contributed by atoms with E-state index < -0.39 is 0 Å². The van der Waals surface area contributed by atoms with Crippen LogP contribution in [0.2, 0.25) is 5.02 Å². The van der Waals surface area contributed by atoms with Gasteiger partial charge in [0, 0.05) is 18.1 Å². The van der Waals surface area contributed by atoms with Crippen molar-refractivity contribution in [3.63, 3.8) is 0 Å². The summed E-state index contributed by atoms with van der Waals surface area (Å²) in [4.78, 5) is 11.5. The van der Waals surface area contributed by atoms with E-state index in [2.05, 4.69) is 33.8 Å². The van der Waals surface area contributed by atoms with Crippen molar-refractivity contribution < 1.29 is 0 Å². The molecule has 6 heteroatoms. The lowest BCUT2D eigenvalue weighted by atomic mass is 9.92. The lowest BCUT2D eigenvalue weighted by molar-refractivity contribution is 0.356. The minimum atomic E-state index is 0.669. The fourth-order valence-corrected chi connectivity index (χ4v) is 4.18. The maximum absolute atomic E-state index is 6.09. The number of fused-ring (bicyclic) bond motifs is 1. The number of hydrogen-bond donors (Lipinski definition) is 0. The minimum Gasteiger partial charge on any atom is -0.355 e. The fourth-order valence-electron chi connectivity index (χ4n) is 3.95. The van der Waals surface area contributed by atoms with Gasteiger partial charge in [0.25, 0.3) is 0 Å². The van der Waals surface area contributed by atoms with Gasteiger partial charge < -0.3 is 4.90 Å². The molecule has 130 valence electrons. The van der Waals surface area contributed by atoms with Crippen molar-refractivity contribution in [3.8, 4) is 5.69 Å². The van der Waals surface area contributed by atoms with Gasteiger partial charge in [-0.2, -0.15) is 5.10 Å². The molecule has 0 unspecified atom stereocenters. The van der Waals surface area contributed by atoms with Gasteiger partial charge in [-0.25, -0.2) is 14.6 Å². The van der Waals surface area contributed by atoms with Crippen molar-refractivity contribution in [2.24, 2.45) is 11.8 Å². The summed E-state index contributed by atoms with van der Waals surface area (Å²) in [5.74, 6) is 2.32. The molecule has 0 radical (unpaired) electrons. The Morgan fingerprint density at radius 3 is 2.60 bits per heavy atom. The molecule has 0 amide bonds. The molecule has 1 aliphatic heterocycles. The number of nitrogens with zero attached hydrogens (tertiary/aromatic N) is 5. The van der Waals surface area contributed by atoms with E-state index in [0.717, 1.165) is 46.2 Å². The van der Waals surface area contributed by atoms with E-state index in [4.69, 9.17) is 11.6 Å². The van der Waals surface area contributed by atoms with Gasteiger partial charge in [0.1, 0.15) is 12.1 Å². The second-order valence-corrected chi connectivity index (χ2v) is 7.71. The fraction of sp³-hybridized carbons (Fsp3) is 0.421. The standard InChI is InChI=1S/C19H22ClN5/c1-12-6-13(2)10-24(9-12)18-16-8-23-25(19(16)22-11-21-18)17-5-4-15(20)7-14(17)3/h4-5,7-8,11-13H,6,9-10H2,1-3H3/t12-,13+. The predicted octanol–water partition coefficient (Wildman–Crippen LogP) is 4.26. The number of benzene rings is 1. The first-order valence-electron chi connectivity index (χ1n) is 8.73. The second-order valence-electron chi connectivity index (χ2n) is 7.27. The highest BCUT2D eigenvalue weighted by Crippen LogP contribution is 2.30. The van der Waals surface area contributed by atoms with E-state index in [1.165, 1.54) is 6.42 Å². The first-order chi connectivity index (χ1) is 12.0. The van der Waals surface area contributed by atoms with Crippen LogP contribution in [-0.2, 0) is 0 Å². The Kier molecular flexibility index (Phi) is 4.12. The molecule has 3 heterocycles. The summed E-state index contributed by atoms with van der Waals surface area (Å²) in [6, 6.07) is 5.81. The lowest BCUT2D eigenvalue weighted by Crippen LogP contribution is -2.39. The van der Waals surface area contributed by atoms with Gasteiger partial charge in [0.2, 0.25) is 0 Å². The molecule has 4 rings (SSSR count). The van der Waals surface area contributed by atoms with Crippen molar-refractivity contribution in [2.75, 3.05) is 18.0 Å². The van der Waals surface area contributed by atoms with Crippen molar-refractivity contribution in [1.82, 2.24) is 19.7 Å². The maximum atomic E-state index is 6.09. The Bertz CT molecular complexity index is 909. The highest BCUT2D eigenvalue weighted by Gasteiger charge is 2.25. The first-order valence-corrected chi connectivity index (χ1v) is 9.11. The average molecular weight is 356 g/mol. The molecule has 5 nitrogen and oxygen atoms in total. The second kappa shape index (κ2) is 6.30. The molecule has 0 aliphatic carbocycles. The molecule has 0 bridgehead atoms. The average Bonchev–Trinajstić information content (AvgIpc) is 2.98. The number of aromatic nitrogens is 4. The quantitative estimate of drug-likeness (QED) is 0.689. The summed E-state index contributed by atoms with van der Waals surface area (Å²) >= 11 is 6.09. The number of rotatable bonds is 2. The van der Waals surface area contributed by atoms with Crippen molar-refractivity contribution >= 4 is 28.5 Å². The van der Waals surface area contributed by atoms with Gasteiger partial charge in [-0.05, 0) is 48.9 Å². The van der Waals surface area contributed by atoms with Crippen molar-refractivity contribution in [1.29, 1.82) is 0 Å². The molecule has 2 aromatic heterocycles. The van der Waals surface area contributed by atoms with Crippen LogP contribution in [-0.4, -0.2) is 32.8 Å². The van der Waals surface area contributed by atoms with Crippen LogP contribution in [0, 0.1) is 18.8 Å². The summed E-state index contributed by atoms with van der Waals surface area (Å²) < 4.78 is 1.88. The Hall–Kier alpha value is -2.14. The topological polar surface area (TPSA) is 46.8 Å². The molecule has 2 atom stereocenters. The number of piperidine rings is 1. The van der Waals surface area contributed by atoms with Gasteiger partial charge in [0.15, 0.2) is 5.65 Å². The molecule has 1 saturated heterocycles.